The number of aromatic hydroxyl groups is 1. The lowest BCUT2D eigenvalue weighted by Crippen LogP contribution is -2.11. The normalized spacial score (nSPS) is 10.8. The molecule has 2 aromatic carbocycles. The molecule has 0 spiro atoms. The van der Waals surface area contributed by atoms with E-state index in [9.17, 15) is 9.50 Å². The number of anilines is 1. The lowest BCUT2D eigenvalue weighted by molar-refractivity contribution is 0.188. The Balaban J connectivity index is 1.83. The van der Waals surface area contributed by atoms with Gasteiger partial charge in [0.05, 0.1) is 25.6 Å². The molecule has 0 aliphatic rings. The Kier molecular flexibility index (Phi) is 5.93. The van der Waals surface area contributed by atoms with Crippen LogP contribution in [0.3, 0.4) is 0 Å². The number of imidazole rings is 1. The van der Waals surface area contributed by atoms with Gasteiger partial charge in [0.25, 0.3) is 0 Å². The van der Waals surface area contributed by atoms with E-state index in [0.717, 1.165) is 16.8 Å². The zero-order valence-corrected chi connectivity index (χ0v) is 15.3. The summed E-state index contributed by atoms with van der Waals surface area (Å²) in [4.78, 5) is 4.46. The molecule has 0 unspecified atom stereocenters. The molecular weight excluding hydrogens is 349 g/mol. The molecule has 1 aromatic heterocycles. The minimum Gasteiger partial charge on any atom is -0.504 e. The fourth-order valence-electron chi connectivity index (χ4n) is 2.79. The van der Waals surface area contributed by atoms with Gasteiger partial charge in [-0.15, -0.1) is 0 Å². The molecule has 1 heterocycles. The predicted molar refractivity (Wildman–Crippen MR) is 101 cm³/mol. The molecule has 3 aromatic rings. The summed E-state index contributed by atoms with van der Waals surface area (Å²) in [6, 6.07) is 11.5. The summed E-state index contributed by atoms with van der Waals surface area (Å²) in [6.45, 7) is 1.63. The summed E-state index contributed by atoms with van der Waals surface area (Å²) in [7, 11) is 3.16. The fraction of sp³-hybridized carbons (Fsp3) is 0.250. The van der Waals surface area contributed by atoms with Crippen molar-refractivity contribution in [3.05, 3.63) is 60.0 Å². The molecule has 27 heavy (non-hydrogen) atoms. The van der Waals surface area contributed by atoms with Crippen LogP contribution in [0.1, 0.15) is 5.56 Å². The van der Waals surface area contributed by atoms with Gasteiger partial charge in [-0.1, -0.05) is 6.07 Å². The number of halogens is 1. The van der Waals surface area contributed by atoms with Crippen molar-refractivity contribution >= 4 is 5.95 Å². The van der Waals surface area contributed by atoms with E-state index in [1.807, 2.05) is 10.6 Å². The second kappa shape index (κ2) is 8.55. The number of benzene rings is 2. The van der Waals surface area contributed by atoms with Gasteiger partial charge in [-0.25, -0.2) is 9.37 Å². The molecule has 0 saturated heterocycles. The average Bonchev–Trinajstić information content (AvgIpc) is 3.09. The first-order valence-corrected chi connectivity index (χ1v) is 8.52. The van der Waals surface area contributed by atoms with Gasteiger partial charge in [-0.05, 0) is 42.0 Å². The van der Waals surface area contributed by atoms with Gasteiger partial charge < -0.3 is 24.5 Å². The van der Waals surface area contributed by atoms with Crippen LogP contribution in [0.25, 0.3) is 11.3 Å². The highest BCUT2D eigenvalue weighted by Crippen LogP contribution is 2.27. The highest BCUT2D eigenvalue weighted by atomic mass is 19.1. The van der Waals surface area contributed by atoms with Crippen molar-refractivity contribution in [3.63, 3.8) is 0 Å². The lowest BCUT2D eigenvalue weighted by atomic mass is 10.1. The quantitative estimate of drug-likeness (QED) is 0.632. The Morgan fingerprint density at radius 3 is 2.63 bits per heavy atom. The molecule has 7 heteroatoms. The standard InChI is InChI=1S/C20H22FN3O3/c1-26-10-9-24-17(15-4-6-16(21)7-5-15)13-23-20(24)22-12-14-3-8-18(25)19(11-14)27-2/h3-8,11,13,25H,9-10,12H2,1-2H3,(H,22,23). The van der Waals surface area contributed by atoms with Gasteiger partial charge in [0.2, 0.25) is 5.95 Å². The van der Waals surface area contributed by atoms with Crippen molar-refractivity contribution < 1.29 is 19.0 Å². The molecule has 6 nitrogen and oxygen atoms in total. The third kappa shape index (κ3) is 4.38. The molecule has 142 valence electrons. The van der Waals surface area contributed by atoms with Gasteiger partial charge in [-0.3, -0.25) is 0 Å². The topological polar surface area (TPSA) is 68.5 Å². The van der Waals surface area contributed by atoms with Crippen molar-refractivity contribution in [2.24, 2.45) is 0 Å². The van der Waals surface area contributed by atoms with Crippen LogP contribution in [-0.4, -0.2) is 35.5 Å². The number of phenols is 1. The molecule has 0 saturated carbocycles. The Morgan fingerprint density at radius 2 is 1.93 bits per heavy atom. The van der Waals surface area contributed by atoms with E-state index in [1.54, 1.807) is 37.6 Å². The number of hydrogen-bond acceptors (Lipinski definition) is 5. The van der Waals surface area contributed by atoms with Crippen LogP contribution in [0.15, 0.2) is 48.7 Å². The first-order chi connectivity index (χ1) is 13.1. The zero-order chi connectivity index (χ0) is 19.2. The van der Waals surface area contributed by atoms with Gasteiger partial charge in [0.15, 0.2) is 11.5 Å². The highest BCUT2D eigenvalue weighted by molar-refractivity contribution is 5.61. The second-order valence-corrected chi connectivity index (χ2v) is 5.98. The summed E-state index contributed by atoms with van der Waals surface area (Å²) < 4.78 is 25.6. The highest BCUT2D eigenvalue weighted by Gasteiger charge is 2.12. The number of rotatable bonds is 8. The Hall–Kier alpha value is -3.06. The van der Waals surface area contributed by atoms with E-state index in [2.05, 4.69) is 10.3 Å². The van der Waals surface area contributed by atoms with E-state index >= 15 is 0 Å². The second-order valence-electron chi connectivity index (χ2n) is 5.98. The maximum atomic E-state index is 13.2. The molecule has 0 atom stereocenters. The SMILES string of the molecule is COCCn1c(-c2ccc(F)cc2)cnc1NCc1ccc(O)c(OC)c1. The zero-order valence-electron chi connectivity index (χ0n) is 15.3. The number of nitrogens with zero attached hydrogens (tertiary/aromatic N) is 2. The van der Waals surface area contributed by atoms with Gasteiger partial charge in [0, 0.05) is 25.8 Å². The average molecular weight is 371 g/mol. The maximum Gasteiger partial charge on any atom is 0.203 e. The largest absolute Gasteiger partial charge is 0.504 e. The van der Waals surface area contributed by atoms with Gasteiger partial charge in [-0.2, -0.15) is 0 Å². The predicted octanol–water partition coefficient (Wildman–Crippen LogP) is 3.66. The van der Waals surface area contributed by atoms with E-state index in [-0.39, 0.29) is 11.6 Å². The monoisotopic (exact) mass is 371 g/mol. The third-order valence-corrected chi connectivity index (χ3v) is 4.21. The number of ether oxygens (including phenoxy) is 2. The van der Waals surface area contributed by atoms with E-state index in [4.69, 9.17) is 9.47 Å². The van der Waals surface area contributed by atoms with Crippen LogP contribution in [0.5, 0.6) is 11.5 Å². The molecule has 0 aliphatic carbocycles. The molecule has 0 radical (unpaired) electrons. The van der Waals surface area contributed by atoms with E-state index < -0.39 is 0 Å². The van der Waals surface area contributed by atoms with Crippen molar-refractivity contribution in [1.29, 1.82) is 0 Å². The molecule has 0 amide bonds. The van der Waals surface area contributed by atoms with Gasteiger partial charge in [0.1, 0.15) is 5.82 Å². The van der Waals surface area contributed by atoms with Crippen LogP contribution < -0.4 is 10.1 Å². The van der Waals surface area contributed by atoms with E-state index in [1.165, 1.54) is 19.2 Å². The van der Waals surface area contributed by atoms with E-state index in [0.29, 0.717) is 31.4 Å². The summed E-state index contributed by atoms with van der Waals surface area (Å²) >= 11 is 0. The number of nitrogens with one attached hydrogen (secondary N) is 1. The molecule has 2 N–H and O–H groups in total. The summed E-state index contributed by atoms with van der Waals surface area (Å²) in [6.07, 6.45) is 1.75. The Bertz CT molecular complexity index is 894. The number of hydrogen-bond donors (Lipinski definition) is 2. The van der Waals surface area contributed by atoms with Crippen LogP contribution in [0, 0.1) is 5.82 Å². The van der Waals surface area contributed by atoms with Crippen LogP contribution in [-0.2, 0) is 17.8 Å². The van der Waals surface area contributed by atoms with Gasteiger partial charge >= 0.3 is 0 Å². The van der Waals surface area contributed by atoms with Crippen molar-refractivity contribution in [2.75, 3.05) is 26.1 Å². The summed E-state index contributed by atoms with van der Waals surface area (Å²) in [5, 5.41) is 13.0. The first-order valence-electron chi connectivity index (χ1n) is 8.52. The lowest BCUT2D eigenvalue weighted by Gasteiger charge is -2.13. The summed E-state index contributed by atoms with van der Waals surface area (Å²) in [5.74, 6) is 0.921. The molecular formula is C20H22FN3O3. The minimum absolute atomic E-state index is 0.0986. The van der Waals surface area contributed by atoms with Crippen LogP contribution in [0.2, 0.25) is 0 Å². The van der Waals surface area contributed by atoms with Crippen LogP contribution in [0.4, 0.5) is 10.3 Å². The molecule has 0 fully saturated rings. The fourth-order valence-corrected chi connectivity index (χ4v) is 2.79. The smallest absolute Gasteiger partial charge is 0.203 e. The molecule has 0 aliphatic heterocycles. The van der Waals surface area contributed by atoms with Crippen molar-refractivity contribution in [3.8, 4) is 22.8 Å². The number of aromatic nitrogens is 2. The van der Waals surface area contributed by atoms with Crippen molar-refractivity contribution in [1.82, 2.24) is 9.55 Å². The number of phenolic OH excluding ortho intramolecular Hbond substituents is 1. The maximum absolute atomic E-state index is 13.2. The third-order valence-electron chi connectivity index (χ3n) is 4.21. The Morgan fingerprint density at radius 1 is 1.15 bits per heavy atom. The number of methoxy groups -OCH3 is 2. The summed E-state index contributed by atoms with van der Waals surface area (Å²) in [5.41, 5.74) is 2.69. The van der Waals surface area contributed by atoms with Crippen LogP contribution >= 0.6 is 0 Å². The first kappa shape index (κ1) is 18.7. The molecule has 0 bridgehead atoms. The van der Waals surface area contributed by atoms with Crippen molar-refractivity contribution in [2.45, 2.75) is 13.1 Å². The minimum atomic E-state index is -0.277. The Labute approximate surface area is 157 Å². The molecule has 3 rings (SSSR count).